The Bertz CT molecular complexity index is 437. The SMILES string of the molecule is CC(C)(Cc1cccc2c1COCO2)C(=O)O. The molecule has 17 heavy (non-hydrogen) atoms. The summed E-state index contributed by atoms with van der Waals surface area (Å²) in [5.74, 6) is 0.00249. The molecule has 0 amide bonds. The Kier molecular flexibility index (Phi) is 3.07. The molecule has 0 saturated heterocycles. The molecule has 0 fully saturated rings. The first kappa shape index (κ1) is 11.9. The summed E-state index contributed by atoms with van der Waals surface area (Å²) in [6, 6.07) is 5.70. The molecular weight excluding hydrogens is 220 g/mol. The molecule has 0 saturated carbocycles. The molecule has 0 unspecified atom stereocenters. The van der Waals surface area contributed by atoms with Crippen molar-refractivity contribution >= 4 is 5.97 Å². The molecule has 0 bridgehead atoms. The minimum atomic E-state index is -0.798. The minimum Gasteiger partial charge on any atom is -0.481 e. The van der Waals surface area contributed by atoms with Gasteiger partial charge >= 0.3 is 5.97 Å². The number of benzene rings is 1. The monoisotopic (exact) mass is 236 g/mol. The number of hydrogen-bond acceptors (Lipinski definition) is 3. The van der Waals surface area contributed by atoms with Gasteiger partial charge in [0.25, 0.3) is 0 Å². The van der Waals surface area contributed by atoms with E-state index in [4.69, 9.17) is 14.6 Å². The maximum Gasteiger partial charge on any atom is 0.309 e. The molecule has 1 aliphatic rings. The normalized spacial score (nSPS) is 14.9. The fraction of sp³-hybridized carbons (Fsp3) is 0.462. The molecule has 1 aromatic carbocycles. The Labute approximate surface area is 100 Å². The molecule has 4 heteroatoms. The molecule has 1 aromatic rings. The van der Waals surface area contributed by atoms with Crippen LogP contribution in [0.5, 0.6) is 5.75 Å². The van der Waals surface area contributed by atoms with Gasteiger partial charge in [-0.25, -0.2) is 0 Å². The minimum absolute atomic E-state index is 0.263. The highest BCUT2D eigenvalue weighted by atomic mass is 16.7. The lowest BCUT2D eigenvalue weighted by molar-refractivity contribution is -0.146. The van der Waals surface area contributed by atoms with Crippen LogP contribution in [0.1, 0.15) is 25.0 Å². The number of fused-ring (bicyclic) bond motifs is 1. The molecular formula is C13H16O4. The van der Waals surface area contributed by atoms with Gasteiger partial charge < -0.3 is 14.6 Å². The maximum absolute atomic E-state index is 11.1. The average molecular weight is 236 g/mol. The molecule has 1 heterocycles. The Hall–Kier alpha value is -1.55. The molecule has 0 aliphatic carbocycles. The van der Waals surface area contributed by atoms with Crippen molar-refractivity contribution in [1.29, 1.82) is 0 Å². The second kappa shape index (κ2) is 4.37. The molecule has 0 spiro atoms. The van der Waals surface area contributed by atoms with Gasteiger partial charge in [-0.2, -0.15) is 0 Å². The smallest absolute Gasteiger partial charge is 0.309 e. The topological polar surface area (TPSA) is 55.8 Å². The summed E-state index contributed by atoms with van der Waals surface area (Å²) in [5, 5.41) is 9.14. The predicted octanol–water partition coefficient (Wildman–Crippen LogP) is 2.21. The highest BCUT2D eigenvalue weighted by molar-refractivity contribution is 5.74. The van der Waals surface area contributed by atoms with E-state index < -0.39 is 11.4 Å². The zero-order chi connectivity index (χ0) is 12.5. The van der Waals surface area contributed by atoms with E-state index in [1.807, 2.05) is 18.2 Å². The van der Waals surface area contributed by atoms with Crippen molar-refractivity contribution in [1.82, 2.24) is 0 Å². The Morgan fingerprint density at radius 2 is 2.24 bits per heavy atom. The molecule has 0 radical (unpaired) electrons. The lowest BCUT2D eigenvalue weighted by Gasteiger charge is -2.24. The summed E-state index contributed by atoms with van der Waals surface area (Å²) < 4.78 is 10.6. The van der Waals surface area contributed by atoms with Crippen molar-refractivity contribution in [3.63, 3.8) is 0 Å². The number of carboxylic acid groups (broad SMARTS) is 1. The maximum atomic E-state index is 11.1. The zero-order valence-corrected chi connectivity index (χ0v) is 10.0. The summed E-state index contributed by atoms with van der Waals surface area (Å²) in [6.07, 6.45) is 0.470. The van der Waals surface area contributed by atoms with E-state index in [1.165, 1.54) is 0 Å². The number of aliphatic carboxylic acids is 1. The Morgan fingerprint density at radius 3 is 2.94 bits per heavy atom. The van der Waals surface area contributed by atoms with Crippen molar-refractivity contribution in [3.05, 3.63) is 29.3 Å². The number of hydrogen-bond donors (Lipinski definition) is 1. The molecule has 1 aliphatic heterocycles. The van der Waals surface area contributed by atoms with E-state index in [2.05, 4.69) is 0 Å². The summed E-state index contributed by atoms with van der Waals surface area (Å²) in [7, 11) is 0. The van der Waals surface area contributed by atoms with Gasteiger partial charge in [0.05, 0.1) is 12.0 Å². The van der Waals surface area contributed by atoms with E-state index in [-0.39, 0.29) is 6.79 Å². The molecule has 0 atom stereocenters. The van der Waals surface area contributed by atoms with Crippen LogP contribution in [-0.4, -0.2) is 17.9 Å². The third-order valence-electron chi connectivity index (χ3n) is 2.99. The first-order valence-electron chi connectivity index (χ1n) is 5.55. The van der Waals surface area contributed by atoms with Gasteiger partial charge in [0.1, 0.15) is 5.75 Å². The van der Waals surface area contributed by atoms with E-state index >= 15 is 0 Å². The van der Waals surface area contributed by atoms with Crippen molar-refractivity contribution in [2.45, 2.75) is 26.9 Å². The van der Waals surface area contributed by atoms with Crippen LogP contribution in [0.25, 0.3) is 0 Å². The Morgan fingerprint density at radius 1 is 1.47 bits per heavy atom. The predicted molar refractivity (Wildman–Crippen MR) is 61.8 cm³/mol. The third kappa shape index (κ3) is 2.42. The average Bonchev–Trinajstić information content (AvgIpc) is 2.29. The standard InChI is InChI=1S/C13H16O4/c1-13(2,12(14)15)6-9-4-3-5-11-10(9)7-16-8-17-11/h3-5H,6-8H2,1-2H3,(H,14,15). The largest absolute Gasteiger partial charge is 0.481 e. The zero-order valence-electron chi connectivity index (χ0n) is 10.0. The third-order valence-corrected chi connectivity index (χ3v) is 2.99. The fourth-order valence-corrected chi connectivity index (χ4v) is 1.88. The number of ether oxygens (including phenoxy) is 2. The first-order valence-corrected chi connectivity index (χ1v) is 5.55. The summed E-state index contributed by atoms with van der Waals surface area (Å²) >= 11 is 0. The van der Waals surface area contributed by atoms with E-state index in [9.17, 15) is 4.79 Å². The van der Waals surface area contributed by atoms with E-state index in [1.54, 1.807) is 13.8 Å². The highest BCUT2D eigenvalue weighted by Gasteiger charge is 2.29. The van der Waals surface area contributed by atoms with Gasteiger partial charge in [-0.15, -0.1) is 0 Å². The van der Waals surface area contributed by atoms with Gasteiger partial charge in [0, 0.05) is 5.56 Å². The molecule has 4 nitrogen and oxygen atoms in total. The van der Waals surface area contributed by atoms with Gasteiger partial charge in [0.2, 0.25) is 0 Å². The van der Waals surface area contributed by atoms with E-state index in [0.29, 0.717) is 13.0 Å². The van der Waals surface area contributed by atoms with Gasteiger partial charge in [-0.3, -0.25) is 4.79 Å². The van der Waals surface area contributed by atoms with Gasteiger partial charge in [-0.1, -0.05) is 12.1 Å². The van der Waals surface area contributed by atoms with Crippen LogP contribution in [0.4, 0.5) is 0 Å². The molecule has 0 aromatic heterocycles. The molecule has 92 valence electrons. The van der Waals surface area contributed by atoms with Crippen LogP contribution in [0, 0.1) is 5.41 Å². The molecule has 2 rings (SSSR count). The Balaban J connectivity index is 2.30. The second-order valence-electron chi connectivity index (χ2n) is 4.87. The van der Waals surface area contributed by atoms with Crippen LogP contribution >= 0.6 is 0 Å². The molecule has 1 N–H and O–H groups in total. The van der Waals surface area contributed by atoms with Crippen molar-refractivity contribution in [3.8, 4) is 5.75 Å². The number of carboxylic acids is 1. The first-order chi connectivity index (χ1) is 8.00. The van der Waals surface area contributed by atoms with Crippen LogP contribution in [0.15, 0.2) is 18.2 Å². The van der Waals surface area contributed by atoms with Crippen LogP contribution < -0.4 is 4.74 Å². The quantitative estimate of drug-likeness (QED) is 0.874. The summed E-state index contributed by atoms with van der Waals surface area (Å²) in [5.41, 5.74) is 1.16. The summed E-state index contributed by atoms with van der Waals surface area (Å²) in [6.45, 7) is 4.19. The van der Waals surface area contributed by atoms with E-state index in [0.717, 1.165) is 16.9 Å². The fourth-order valence-electron chi connectivity index (χ4n) is 1.88. The van der Waals surface area contributed by atoms with Crippen molar-refractivity contribution in [2.24, 2.45) is 5.41 Å². The van der Waals surface area contributed by atoms with Gasteiger partial charge in [0.15, 0.2) is 6.79 Å². The van der Waals surface area contributed by atoms with Crippen LogP contribution in [0.3, 0.4) is 0 Å². The van der Waals surface area contributed by atoms with Crippen molar-refractivity contribution in [2.75, 3.05) is 6.79 Å². The van der Waals surface area contributed by atoms with Crippen molar-refractivity contribution < 1.29 is 19.4 Å². The van der Waals surface area contributed by atoms with Crippen LogP contribution in [0.2, 0.25) is 0 Å². The number of rotatable bonds is 3. The lowest BCUT2D eigenvalue weighted by Crippen LogP contribution is -2.27. The lowest BCUT2D eigenvalue weighted by atomic mass is 9.84. The van der Waals surface area contributed by atoms with Crippen LogP contribution in [-0.2, 0) is 22.6 Å². The van der Waals surface area contributed by atoms with Gasteiger partial charge in [-0.05, 0) is 31.9 Å². The second-order valence-corrected chi connectivity index (χ2v) is 4.87. The number of carbonyl (C=O) groups is 1. The summed E-state index contributed by atoms with van der Waals surface area (Å²) in [4.78, 5) is 11.1. The highest BCUT2D eigenvalue weighted by Crippen LogP contribution is 2.31.